The van der Waals surface area contributed by atoms with Crippen LogP contribution in [0.5, 0.6) is 5.75 Å². The van der Waals surface area contributed by atoms with E-state index in [-0.39, 0.29) is 6.61 Å². The first-order valence-electron chi connectivity index (χ1n) is 6.73. The van der Waals surface area contributed by atoms with E-state index in [1.807, 2.05) is 53.2 Å². The third kappa shape index (κ3) is 2.68. The van der Waals surface area contributed by atoms with Gasteiger partial charge in [-0.25, -0.2) is 0 Å². The molecule has 3 aromatic rings. The molecule has 20 heavy (non-hydrogen) atoms. The Balaban J connectivity index is 1.76. The molecule has 102 valence electrons. The highest BCUT2D eigenvalue weighted by Crippen LogP contribution is 2.22. The Labute approximate surface area is 118 Å². The minimum atomic E-state index is 0.149. The van der Waals surface area contributed by atoms with Crippen LogP contribution in [0.4, 0.5) is 0 Å². The number of ether oxygens (including phenoxy) is 1. The second kappa shape index (κ2) is 5.80. The summed E-state index contributed by atoms with van der Waals surface area (Å²) in [7, 11) is 0. The van der Waals surface area contributed by atoms with E-state index in [9.17, 15) is 0 Å². The van der Waals surface area contributed by atoms with E-state index in [2.05, 4.69) is 12.1 Å². The van der Waals surface area contributed by atoms with Crippen LogP contribution in [0.25, 0.3) is 10.9 Å². The van der Waals surface area contributed by atoms with Crippen LogP contribution in [0.15, 0.2) is 60.8 Å². The molecule has 0 aliphatic carbocycles. The topological polar surface area (TPSA) is 34.4 Å². The summed E-state index contributed by atoms with van der Waals surface area (Å²) in [5, 5.41) is 10.1. The van der Waals surface area contributed by atoms with E-state index >= 15 is 0 Å². The van der Waals surface area contributed by atoms with Crippen LogP contribution in [0.2, 0.25) is 0 Å². The van der Waals surface area contributed by atoms with Crippen molar-refractivity contribution < 1.29 is 9.84 Å². The molecule has 0 atom stereocenters. The van der Waals surface area contributed by atoms with Crippen LogP contribution in [-0.4, -0.2) is 16.3 Å². The molecule has 0 radical (unpaired) electrons. The number of rotatable bonds is 5. The highest BCUT2D eigenvalue weighted by molar-refractivity contribution is 5.81. The van der Waals surface area contributed by atoms with Crippen LogP contribution in [-0.2, 0) is 13.2 Å². The fourth-order valence-corrected chi connectivity index (χ4v) is 2.31. The van der Waals surface area contributed by atoms with Crippen molar-refractivity contribution >= 4 is 10.9 Å². The third-order valence-corrected chi connectivity index (χ3v) is 3.33. The fraction of sp³-hybridized carbons (Fsp3) is 0.176. The van der Waals surface area contributed by atoms with Gasteiger partial charge in [-0.2, -0.15) is 0 Å². The Kier molecular flexibility index (Phi) is 3.70. The minimum Gasteiger partial charge on any atom is -0.489 e. The maximum Gasteiger partial charge on any atom is 0.120 e. The molecule has 2 aromatic carbocycles. The van der Waals surface area contributed by atoms with Crippen molar-refractivity contribution in [3.8, 4) is 5.75 Å². The lowest BCUT2D eigenvalue weighted by molar-refractivity contribution is 0.278. The molecule has 3 nitrogen and oxygen atoms in total. The molecule has 0 aliphatic rings. The second-order valence-electron chi connectivity index (χ2n) is 4.73. The monoisotopic (exact) mass is 267 g/mol. The summed E-state index contributed by atoms with van der Waals surface area (Å²) in [5.41, 5.74) is 2.27. The lowest BCUT2D eigenvalue weighted by Crippen LogP contribution is -1.99. The van der Waals surface area contributed by atoms with Crippen molar-refractivity contribution in [1.29, 1.82) is 0 Å². The number of fused-ring (bicyclic) bond motifs is 1. The quantitative estimate of drug-likeness (QED) is 0.770. The first-order chi connectivity index (χ1) is 9.86. The van der Waals surface area contributed by atoms with Crippen LogP contribution in [0, 0.1) is 0 Å². The van der Waals surface area contributed by atoms with Gasteiger partial charge in [-0.1, -0.05) is 30.3 Å². The Bertz CT molecular complexity index is 689. The van der Waals surface area contributed by atoms with E-state index < -0.39 is 0 Å². The zero-order valence-electron chi connectivity index (χ0n) is 11.2. The van der Waals surface area contributed by atoms with Gasteiger partial charge in [-0.05, 0) is 29.8 Å². The molecule has 1 heterocycles. The number of benzene rings is 2. The first-order valence-corrected chi connectivity index (χ1v) is 6.73. The zero-order chi connectivity index (χ0) is 13.8. The average Bonchev–Trinajstić information content (AvgIpc) is 2.89. The average molecular weight is 267 g/mol. The molecule has 0 saturated carbocycles. The summed E-state index contributed by atoms with van der Waals surface area (Å²) >= 11 is 0. The molecule has 3 heteroatoms. The highest BCUT2D eigenvalue weighted by atomic mass is 16.5. The first kappa shape index (κ1) is 12.8. The lowest BCUT2D eigenvalue weighted by atomic mass is 10.2. The Morgan fingerprint density at radius 2 is 1.85 bits per heavy atom. The molecule has 0 bridgehead atoms. The standard InChI is InChI=1S/C17H17NO2/c19-11-10-18-9-8-15-12-16(6-7-17(15)18)20-13-14-4-2-1-3-5-14/h1-9,12,19H,10-11,13H2. The number of aliphatic hydroxyl groups excluding tert-OH is 1. The van der Waals surface area contributed by atoms with Gasteiger partial charge in [0.1, 0.15) is 12.4 Å². The Morgan fingerprint density at radius 3 is 2.65 bits per heavy atom. The summed E-state index contributed by atoms with van der Waals surface area (Å²) in [4.78, 5) is 0. The van der Waals surface area contributed by atoms with Crippen molar-refractivity contribution in [3.63, 3.8) is 0 Å². The minimum absolute atomic E-state index is 0.149. The van der Waals surface area contributed by atoms with E-state index in [1.54, 1.807) is 0 Å². The number of nitrogens with zero attached hydrogens (tertiary/aromatic N) is 1. The van der Waals surface area contributed by atoms with Crippen molar-refractivity contribution in [2.75, 3.05) is 6.61 Å². The largest absolute Gasteiger partial charge is 0.489 e. The van der Waals surface area contributed by atoms with Crippen molar-refractivity contribution in [3.05, 3.63) is 66.4 Å². The van der Waals surface area contributed by atoms with Gasteiger partial charge in [0, 0.05) is 23.6 Å². The lowest BCUT2D eigenvalue weighted by Gasteiger charge is -2.07. The van der Waals surface area contributed by atoms with Gasteiger partial charge in [-0.3, -0.25) is 0 Å². The smallest absolute Gasteiger partial charge is 0.120 e. The summed E-state index contributed by atoms with van der Waals surface area (Å²) in [5.74, 6) is 0.864. The van der Waals surface area contributed by atoms with Crippen molar-refractivity contribution in [2.24, 2.45) is 0 Å². The summed E-state index contributed by atoms with van der Waals surface area (Å²) in [6.07, 6.45) is 1.99. The van der Waals surface area contributed by atoms with E-state index in [1.165, 1.54) is 0 Å². The number of hydrogen-bond acceptors (Lipinski definition) is 2. The molecule has 0 spiro atoms. The maximum absolute atomic E-state index is 9.02. The highest BCUT2D eigenvalue weighted by Gasteiger charge is 2.03. The molecule has 0 fully saturated rings. The van der Waals surface area contributed by atoms with Crippen LogP contribution in [0.1, 0.15) is 5.56 Å². The SMILES string of the molecule is OCCn1ccc2cc(OCc3ccccc3)ccc21. The Morgan fingerprint density at radius 1 is 1.00 bits per heavy atom. The van der Waals surface area contributed by atoms with Gasteiger partial charge in [0.05, 0.1) is 6.61 Å². The molecular formula is C17H17NO2. The van der Waals surface area contributed by atoms with Crippen LogP contribution in [0.3, 0.4) is 0 Å². The molecule has 0 aliphatic heterocycles. The van der Waals surface area contributed by atoms with Gasteiger partial charge in [0.25, 0.3) is 0 Å². The second-order valence-corrected chi connectivity index (χ2v) is 4.73. The third-order valence-electron chi connectivity index (χ3n) is 3.33. The van der Waals surface area contributed by atoms with E-state index in [0.717, 1.165) is 22.2 Å². The normalized spacial score (nSPS) is 10.8. The molecule has 0 amide bonds. The number of aromatic nitrogens is 1. The van der Waals surface area contributed by atoms with Gasteiger partial charge < -0.3 is 14.4 Å². The van der Waals surface area contributed by atoms with Crippen LogP contribution < -0.4 is 4.74 Å². The van der Waals surface area contributed by atoms with Gasteiger partial charge >= 0.3 is 0 Å². The van der Waals surface area contributed by atoms with Crippen molar-refractivity contribution in [1.82, 2.24) is 4.57 Å². The molecule has 1 aromatic heterocycles. The fourth-order valence-electron chi connectivity index (χ4n) is 2.31. The van der Waals surface area contributed by atoms with Crippen molar-refractivity contribution in [2.45, 2.75) is 13.2 Å². The molecule has 3 rings (SSSR count). The maximum atomic E-state index is 9.02. The van der Waals surface area contributed by atoms with E-state index in [0.29, 0.717) is 13.2 Å². The van der Waals surface area contributed by atoms with Gasteiger partial charge in [-0.15, -0.1) is 0 Å². The van der Waals surface area contributed by atoms with Gasteiger partial charge in [0.2, 0.25) is 0 Å². The number of hydrogen-bond donors (Lipinski definition) is 1. The summed E-state index contributed by atoms with van der Waals surface area (Å²) in [6.45, 7) is 1.34. The summed E-state index contributed by atoms with van der Waals surface area (Å²) < 4.78 is 7.85. The van der Waals surface area contributed by atoms with Crippen LogP contribution >= 0.6 is 0 Å². The Hall–Kier alpha value is -2.26. The van der Waals surface area contributed by atoms with Gasteiger partial charge in [0.15, 0.2) is 0 Å². The molecule has 0 saturated heterocycles. The molecule has 0 unspecified atom stereocenters. The number of aliphatic hydroxyl groups is 1. The molecule has 1 N–H and O–H groups in total. The zero-order valence-corrected chi connectivity index (χ0v) is 11.2. The predicted octanol–water partition coefficient (Wildman–Crippen LogP) is 3.21. The molecular weight excluding hydrogens is 250 g/mol. The summed E-state index contributed by atoms with van der Waals surface area (Å²) in [6, 6.07) is 18.2. The predicted molar refractivity (Wildman–Crippen MR) is 79.8 cm³/mol. The van der Waals surface area contributed by atoms with E-state index in [4.69, 9.17) is 9.84 Å².